The molecule has 0 unspecified atom stereocenters. The maximum absolute atomic E-state index is 12.9. The molecular formula is C21H24N2O3. The summed E-state index contributed by atoms with van der Waals surface area (Å²) in [6, 6.07) is 11.8. The van der Waals surface area contributed by atoms with E-state index in [0.29, 0.717) is 6.54 Å². The third-order valence-corrected chi connectivity index (χ3v) is 5.62. The highest BCUT2D eigenvalue weighted by Gasteiger charge is 2.34. The number of furan rings is 1. The van der Waals surface area contributed by atoms with Crippen molar-refractivity contribution in [3.63, 3.8) is 0 Å². The van der Waals surface area contributed by atoms with E-state index in [1.54, 1.807) is 6.26 Å². The molecule has 1 fully saturated rings. The van der Waals surface area contributed by atoms with Crippen molar-refractivity contribution in [1.82, 2.24) is 5.32 Å². The molecule has 0 radical (unpaired) electrons. The molecule has 1 N–H and O–H groups in total. The van der Waals surface area contributed by atoms with Crippen LogP contribution in [-0.2, 0) is 22.6 Å². The smallest absolute Gasteiger partial charge is 0.230 e. The molecular weight excluding hydrogens is 328 g/mol. The van der Waals surface area contributed by atoms with Crippen LogP contribution < -0.4 is 10.2 Å². The fourth-order valence-electron chi connectivity index (χ4n) is 4.12. The summed E-state index contributed by atoms with van der Waals surface area (Å²) in [6.45, 7) is 1.21. The third kappa shape index (κ3) is 3.39. The molecule has 2 amide bonds. The zero-order valence-corrected chi connectivity index (χ0v) is 14.8. The Morgan fingerprint density at radius 2 is 1.81 bits per heavy atom. The zero-order valence-electron chi connectivity index (χ0n) is 14.8. The van der Waals surface area contributed by atoms with Crippen LogP contribution in [0, 0.1) is 11.8 Å². The van der Waals surface area contributed by atoms with Gasteiger partial charge in [0.15, 0.2) is 0 Å². The van der Waals surface area contributed by atoms with E-state index in [4.69, 9.17) is 4.42 Å². The van der Waals surface area contributed by atoms with Gasteiger partial charge >= 0.3 is 0 Å². The van der Waals surface area contributed by atoms with E-state index in [0.717, 1.165) is 50.1 Å². The summed E-state index contributed by atoms with van der Waals surface area (Å²) in [6.07, 6.45) is 5.67. The molecule has 1 aromatic heterocycles. The SMILES string of the molecule is O=C(NCc1ccco1)C1CCC(C(=O)N2CCc3ccccc32)CC1. The van der Waals surface area contributed by atoms with Gasteiger partial charge < -0.3 is 14.6 Å². The lowest BCUT2D eigenvalue weighted by atomic mass is 9.81. The first kappa shape index (κ1) is 16.9. The number of fused-ring (bicyclic) bond motifs is 1. The first-order chi connectivity index (χ1) is 12.7. The minimum absolute atomic E-state index is 0.000114. The normalized spacial score (nSPS) is 22.1. The van der Waals surface area contributed by atoms with Crippen LogP contribution >= 0.6 is 0 Å². The molecule has 2 aliphatic rings. The molecule has 4 rings (SSSR count). The van der Waals surface area contributed by atoms with Crippen molar-refractivity contribution in [3.05, 3.63) is 54.0 Å². The number of nitrogens with zero attached hydrogens (tertiary/aromatic N) is 1. The molecule has 0 atom stereocenters. The van der Waals surface area contributed by atoms with Gasteiger partial charge in [-0.1, -0.05) is 18.2 Å². The van der Waals surface area contributed by atoms with Crippen LogP contribution in [0.15, 0.2) is 47.1 Å². The highest BCUT2D eigenvalue weighted by Crippen LogP contribution is 2.34. The Labute approximate surface area is 153 Å². The third-order valence-electron chi connectivity index (χ3n) is 5.62. The first-order valence-corrected chi connectivity index (χ1v) is 9.42. The predicted molar refractivity (Wildman–Crippen MR) is 98.5 cm³/mol. The number of hydrogen-bond acceptors (Lipinski definition) is 3. The number of benzene rings is 1. The number of amides is 2. The van der Waals surface area contributed by atoms with Gasteiger partial charge in [-0.25, -0.2) is 0 Å². The topological polar surface area (TPSA) is 62.6 Å². The van der Waals surface area contributed by atoms with Crippen molar-refractivity contribution >= 4 is 17.5 Å². The van der Waals surface area contributed by atoms with Crippen molar-refractivity contribution < 1.29 is 14.0 Å². The second kappa shape index (κ2) is 7.36. The van der Waals surface area contributed by atoms with Gasteiger partial charge in [0, 0.05) is 24.1 Å². The summed E-state index contributed by atoms with van der Waals surface area (Å²) < 4.78 is 5.24. The Bertz CT molecular complexity index is 776. The molecule has 0 saturated heterocycles. The molecule has 0 bridgehead atoms. The van der Waals surface area contributed by atoms with Gasteiger partial charge in [0.1, 0.15) is 5.76 Å². The summed E-state index contributed by atoms with van der Waals surface area (Å²) in [7, 11) is 0. The number of para-hydroxylation sites is 1. The highest BCUT2D eigenvalue weighted by molar-refractivity contribution is 5.97. The monoisotopic (exact) mass is 352 g/mol. The van der Waals surface area contributed by atoms with Crippen molar-refractivity contribution in [2.45, 2.75) is 38.6 Å². The molecule has 1 aromatic carbocycles. The molecule has 26 heavy (non-hydrogen) atoms. The second-order valence-corrected chi connectivity index (χ2v) is 7.21. The molecule has 5 nitrogen and oxygen atoms in total. The van der Waals surface area contributed by atoms with Crippen LogP contribution in [0.1, 0.15) is 37.0 Å². The van der Waals surface area contributed by atoms with Crippen molar-refractivity contribution in [3.8, 4) is 0 Å². The number of carbonyl (C=O) groups excluding carboxylic acids is 2. The lowest BCUT2D eigenvalue weighted by Gasteiger charge is -2.30. The summed E-state index contributed by atoms with van der Waals surface area (Å²) >= 11 is 0. The quantitative estimate of drug-likeness (QED) is 0.918. The molecule has 136 valence electrons. The molecule has 2 aromatic rings. The van der Waals surface area contributed by atoms with E-state index in [1.165, 1.54) is 5.56 Å². The van der Waals surface area contributed by atoms with E-state index in [-0.39, 0.29) is 23.7 Å². The minimum atomic E-state index is -0.000114. The van der Waals surface area contributed by atoms with Gasteiger partial charge in [-0.2, -0.15) is 0 Å². The zero-order chi connectivity index (χ0) is 17.9. The minimum Gasteiger partial charge on any atom is -0.467 e. The Balaban J connectivity index is 1.29. The largest absolute Gasteiger partial charge is 0.467 e. The summed E-state index contributed by atoms with van der Waals surface area (Å²) in [4.78, 5) is 27.2. The first-order valence-electron chi connectivity index (χ1n) is 9.42. The van der Waals surface area contributed by atoms with Gasteiger partial charge in [-0.3, -0.25) is 9.59 Å². The standard InChI is InChI=1S/C21H24N2O3/c24-20(22-14-18-5-3-13-26-18)16-7-9-17(10-8-16)21(25)23-12-11-15-4-1-2-6-19(15)23/h1-6,13,16-17H,7-12,14H2,(H,22,24). The van der Waals surface area contributed by atoms with Crippen molar-refractivity contribution in [2.24, 2.45) is 11.8 Å². The van der Waals surface area contributed by atoms with E-state index >= 15 is 0 Å². The molecule has 1 aliphatic heterocycles. The second-order valence-electron chi connectivity index (χ2n) is 7.21. The predicted octanol–water partition coefficient (Wildman–Crippen LogP) is 3.29. The van der Waals surface area contributed by atoms with Gasteiger partial charge in [0.05, 0.1) is 12.8 Å². The Hall–Kier alpha value is -2.56. The van der Waals surface area contributed by atoms with Crippen LogP contribution in [0.2, 0.25) is 0 Å². The lowest BCUT2D eigenvalue weighted by molar-refractivity contribution is -0.129. The van der Waals surface area contributed by atoms with Gasteiger partial charge in [0.25, 0.3) is 0 Å². The van der Waals surface area contributed by atoms with Crippen LogP contribution in [0.25, 0.3) is 0 Å². The summed E-state index contributed by atoms with van der Waals surface area (Å²) in [5.41, 5.74) is 2.32. The Morgan fingerprint density at radius 3 is 2.58 bits per heavy atom. The highest BCUT2D eigenvalue weighted by atomic mass is 16.3. The maximum atomic E-state index is 12.9. The number of hydrogen-bond donors (Lipinski definition) is 1. The average Bonchev–Trinajstić information content (AvgIpc) is 3.35. The van der Waals surface area contributed by atoms with Gasteiger partial charge in [0.2, 0.25) is 11.8 Å². The van der Waals surface area contributed by atoms with E-state index in [2.05, 4.69) is 11.4 Å². The van der Waals surface area contributed by atoms with Crippen molar-refractivity contribution in [2.75, 3.05) is 11.4 Å². The number of nitrogens with one attached hydrogen (secondary N) is 1. The summed E-state index contributed by atoms with van der Waals surface area (Å²) in [5, 5.41) is 2.94. The lowest BCUT2D eigenvalue weighted by Crippen LogP contribution is -2.39. The Kier molecular flexibility index (Phi) is 4.78. The number of carbonyl (C=O) groups is 2. The Morgan fingerprint density at radius 1 is 1.04 bits per heavy atom. The van der Waals surface area contributed by atoms with E-state index in [1.807, 2.05) is 35.2 Å². The van der Waals surface area contributed by atoms with Crippen LogP contribution in [-0.4, -0.2) is 18.4 Å². The van der Waals surface area contributed by atoms with Gasteiger partial charge in [-0.15, -0.1) is 0 Å². The summed E-state index contributed by atoms with van der Waals surface area (Å²) in [5.74, 6) is 1.09. The van der Waals surface area contributed by atoms with E-state index < -0.39 is 0 Å². The van der Waals surface area contributed by atoms with Gasteiger partial charge in [-0.05, 0) is 55.9 Å². The maximum Gasteiger partial charge on any atom is 0.230 e. The van der Waals surface area contributed by atoms with Crippen LogP contribution in [0.3, 0.4) is 0 Å². The number of rotatable bonds is 4. The van der Waals surface area contributed by atoms with Crippen LogP contribution in [0.5, 0.6) is 0 Å². The number of anilines is 1. The van der Waals surface area contributed by atoms with E-state index in [9.17, 15) is 9.59 Å². The molecule has 0 spiro atoms. The fourth-order valence-corrected chi connectivity index (χ4v) is 4.12. The fraction of sp³-hybridized carbons (Fsp3) is 0.429. The average molecular weight is 352 g/mol. The van der Waals surface area contributed by atoms with Crippen LogP contribution in [0.4, 0.5) is 5.69 Å². The molecule has 5 heteroatoms. The molecule has 1 saturated carbocycles. The van der Waals surface area contributed by atoms with Crippen molar-refractivity contribution in [1.29, 1.82) is 0 Å². The molecule has 2 heterocycles. The molecule has 1 aliphatic carbocycles.